The van der Waals surface area contributed by atoms with E-state index in [0.29, 0.717) is 16.4 Å². The summed E-state index contributed by atoms with van der Waals surface area (Å²) in [6, 6.07) is 10.8. The Kier molecular flexibility index (Phi) is 4.70. The SMILES string of the molecule is COc1cccc(CC(=O)Nc2cc(Cl)c(N)cc2C)c1. The highest BCUT2D eigenvalue weighted by atomic mass is 35.5. The van der Waals surface area contributed by atoms with E-state index >= 15 is 0 Å². The zero-order valence-electron chi connectivity index (χ0n) is 11.9. The van der Waals surface area contributed by atoms with E-state index in [1.165, 1.54) is 0 Å². The zero-order chi connectivity index (χ0) is 15.4. The normalized spacial score (nSPS) is 10.2. The molecule has 0 spiro atoms. The Morgan fingerprint density at radius 1 is 1.33 bits per heavy atom. The van der Waals surface area contributed by atoms with Crippen molar-refractivity contribution < 1.29 is 9.53 Å². The Hall–Kier alpha value is -2.20. The fourth-order valence-electron chi connectivity index (χ4n) is 2.00. The molecule has 3 N–H and O–H groups in total. The van der Waals surface area contributed by atoms with E-state index in [0.717, 1.165) is 16.9 Å². The molecule has 110 valence electrons. The molecule has 4 nitrogen and oxygen atoms in total. The van der Waals surface area contributed by atoms with Crippen LogP contribution in [0.15, 0.2) is 36.4 Å². The predicted molar refractivity (Wildman–Crippen MR) is 85.9 cm³/mol. The van der Waals surface area contributed by atoms with Gasteiger partial charge in [-0.15, -0.1) is 0 Å². The summed E-state index contributed by atoms with van der Waals surface area (Å²) in [6.45, 7) is 1.87. The molecule has 5 heteroatoms. The highest BCUT2D eigenvalue weighted by Gasteiger charge is 2.09. The van der Waals surface area contributed by atoms with Crippen LogP contribution in [0, 0.1) is 6.92 Å². The number of nitrogens with one attached hydrogen (secondary N) is 1. The van der Waals surface area contributed by atoms with Crippen LogP contribution in [0.1, 0.15) is 11.1 Å². The minimum Gasteiger partial charge on any atom is -0.497 e. The van der Waals surface area contributed by atoms with Crippen molar-refractivity contribution in [3.63, 3.8) is 0 Å². The fraction of sp³-hybridized carbons (Fsp3) is 0.188. The number of nitrogen functional groups attached to an aromatic ring is 1. The van der Waals surface area contributed by atoms with E-state index in [1.54, 1.807) is 19.2 Å². The third-order valence-electron chi connectivity index (χ3n) is 3.12. The van der Waals surface area contributed by atoms with Gasteiger partial charge in [0.05, 0.1) is 24.2 Å². The van der Waals surface area contributed by atoms with Crippen molar-refractivity contribution in [2.24, 2.45) is 0 Å². The number of benzene rings is 2. The van der Waals surface area contributed by atoms with E-state index in [2.05, 4.69) is 5.32 Å². The molecule has 0 aromatic heterocycles. The van der Waals surface area contributed by atoms with Gasteiger partial charge in [-0.2, -0.15) is 0 Å². The smallest absolute Gasteiger partial charge is 0.228 e. The Morgan fingerprint density at radius 3 is 2.81 bits per heavy atom. The number of methoxy groups -OCH3 is 1. The number of hydrogen-bond acceptors (Lipinski definition) is 3. The molecular weight excluding hydrogens is 288 g/mol. The number of anilines is 2. The molecule has 0 fully saturated rings. The molecule has 0 saturated heterocycles. The molecule has 1 amide bonds. The van der Waals surface area contributed by atoms with Gasteiger partial charge in [0.15, 0.2) is 0 Å². The maximum Gasteiger partial charge on any atom is 0.228 e. The first-order chi connectivity index (χ1) is 9.99. The van der Waals surface area contributed by atoms with Crippen LogP contribution in [0.2, 0.25) is 5.02 Å². The van der Waals surface area contributed by atoms with Gasteiger partial charge < -0.3 is 15.8 Å². The van der Waals surface area contributed by atoms with Crippen LogP contribution < -0.4 is 15.8 Å². The summed E-state index contributed by atoms with van der Waals surface area (Å²) in [6.07, 6.45) is 0.263. The number of halogens is 1. The molecule has 0 aliphatic rings. The summed E-state index contributed by atoms with van der Waals surface area (Å²) in [5.74, 6) is 0.610. The lowest BCUT2D eigenvalue weighted by molar-refractivity contribution is -0.115. The van der Waals surface area contributed by atoms with Gasteiger partial charge in [0.1, 0.15) is 5.75 Å². The first-order valence-electron chi connectivity index (χ1n) is 6.48. The average molecular weight is 305 g/mol. The number of aryl methyl sites for hydroxylation is 1. The van der Waals surface area contributed by atoms with Crippen molar-refractivity contribution in [1.29, 1.82) is 0 Å². The molecular formula is C16H17ClN2O2. The zero-order valence-corrected chi connectivity index (χ0v) is 12.7. The number of amides is 1. The largest absolute Gasteiger partial charge is 0.497 e. The van der Waals surface area contributed by atoms with Crippen LogP contribution in [-0.2, 0) is 11.2 Å². The number of ether oxygens (including phenoxy) is 1. The Labute approximate surface area is 128 Å². The standard InChI is InChI=1S/C16H17ClN2O2/c1-10-6-14(18)13(17)9-15(10)19-16(20)8-11-4-3-5-12(7-11)21-2/h3-7,9H,8,18H2,1-2H3,(H,19,20). The molecule has 2 aromatic rings. The second kappa shape index (κ2) is 6.50. The Morgan fingerprint density at radius 2 is 2.10 bits per heavy atom. The molecule has 21 heavy (non-hydrogen) atoms. The van der Waals surface area contributed by atoms with Gasteiger partial charge >= 0.3 is 0 Å². The van der Waals surface area contributed by atoms with Crippen molar-refractivity contribution in [2.75, 3.05) is 18.2 Å². The van der Waals surface area contributed by atoms with E-state index in [4.69, 9.17) is 22.1 Å². The summed E-state index contributed by atoms with van der Waals surface area (Å²) < 4.78 is 5.14. The van der Waals surface area contributed by atoms with Crippen molar-refractivity contribution in [3.05, 3.63) is 52.5 Å². The summed E-state index contributed by atoms with van der Waals surface area (Å²) >= 11 is 5.98. The first-order valence-corrected chi connectivity index (χ1v) is 6.86. The van der Waals surface area contributed by atoms with Crippen LogP contribution >= 0.6 is 11.6 Å². The van der Waals surface area contributed by atoms with E-state index in [1.807, 2.05) is 31.2 Å². The number of rotatable bonds is 4. The van der Waals surface area contributed by atoms with E-state index in [9.17, 15) is 4.79 Å². The minimum atomic E-state index is -0.118. The molecule has 2 aromatic carbocycles. The number of carbonyl (C=O) groups excluding carboxylic acids is 1. The van der Waals surface area contributed by atoms with Gasteiger partial charge in [-0.05, 0) is 42.3 Å². The molecule has 0 heterocycles. The second-order valence-corrected chi connectivity index (χ2v) is 5.17. The van der Waals surface area contributed by atoms with Gasteiger partial charge in [-0.3, -0.25) is 4.79 Å². The number of hydrogen-bond donors (Lipinski definition) is 2. The van der Waals surface area contributed by atoms with Gasteiger partial charge in [-0.1, -0.05) is 23.7 Å². The average Bonchev–Trinajstić information content (AvgIpc) is 2.45. The Bertz CT molecular complexity index is 671. The number of carbonyl (C=O) groups is 1. The van der Waals surface area contributed by atoms with Crippen LogP contribution in [0.25, 0.3) is 0 Å². The highest BCUT2D eigenvalue weighted by Crippen LogP contribution is 2.26. The molecule has 0 aliphatic carbocycles. The van der Waals surface area contributed by atoms with Gasteiger partial charge in [0, 0.05) is 5.69 Å². The van der Waals surface area contributed by atoms with Crippen LogP contribution in [0.4, 0.5) is 11.4 Å². The van der Waals surface area contributed by atoms with Crippen molar-refractivity contribution in [3.8, 4) is 5.75 Å². The summed E-state index contributed by atoms with van der Waals surface area (Å²) in [5.41, 5.74) is 8.64. The Balaban J connectivity index is 2.09. The van der Waals surface area contributed by atoms with Crippen molar-refractivity contribution in [2.45, 2.75) is 13.3 Å². The van der Waals surface area contributed by atoms with Gasteiger partial charge in [0.2, 0.25) is 5.91 Å². The summed E-state index contributed by atoms with van der Waals surface area (Å²) in [7, 11) is 1.60. The van der Waals surface area contributed by atoms with E-state index in [-0.39, 0.29) is 12.3 Å². The minimum absolute atomic E-state index is 0.118. The molecule has 2 rings (SSSR count). The number of nitrogens with two attached hydrogens (primary N) is 1. The maximum absolute atomic E-state index is 12.1. The lowest BCUT2D eigenvalue weighted by atomic mass is 10.1. The lowest BCUT2D eigenvalue weighted by Crippen LogP contribution is -2.15. The van der Waals surface area contributed by atoms with Gasteiger partial charge in [-0.25, -0.2) is 0 Å². The van der Waals surface area contributed by atoms with Crippen LogP contribution in [-0.4, -0.2) is 13.0 Å². The molecule has 0 bridgehead atoms. The highest BCUT2D eigenvalue weighted by molar-refractivity contribution is 6.33. The quantitative estimate of drug-likeness (QED) is 0.851. The summed E-state index contributed by atoms with van der Waals surface area (Å²) in [5, 5.41) is 3.27. The summed E-state index contributed by atoms with van der Waals surface area (Å²) in [4.78, 5) is 12.1. The molecule has 0 saturated carbocycles. The van der Waals surface area contributed by atoms with Crippen molar-refractivity contribution in [1.82, 2.24) is 0 Å². The third-order valence-corrected chi connectivity index (χ3v) is 3.44. The lowest BCUT2D eigenvalue weighted by Gasteiger charge is -2.11. The fourth-order valence-corrected chi connectivity index (χ4v) is 2.16. The first kappa shape index (κ1) is 15.2. The topological polar surface area (TPSA) is 64.3 Å². The van der Waals surface area contributed by atoms with Crippen molar-refractivity contribution >= 4 is 28.9 Å². The molecule has 0 unspecified atom stereocenters. The molecule has 0 radical (unpaired) electrons. The monoisotopic (exact) mass is 304 g/mol. The molecule has 0 aliphatic heterocycles. The second-order valence-electron chi connectivity index (χ2n) is 4.77. The maximum atomic E-state index is 12.1. The van der Waals surface area contributed by atoms with Crippen LogP contribution in [0.3, 0.4) is 0 Å². The van der Waals surface area contributed by atoms with Crippen LogP contribution in [0.5, 0.6) is 5.75 Å². The predicted octanol–water partition coefficient (Wildman–Crippen LogP) is 3.42. The third kappa shape index (κ3) is 3.89. The van der Waals surface area contributed by atoms with Gasteiger partial charge in [0.25, 0.3) is 0 Å². The van der Waals surface area contributed by atoms with E-state index < -0.39 is 0 Å². The molecule has 0 atom stereocenters.